The van der Waals surface area contributed by atoms with Gasteiger partial charge >= 0.3 is 0 Å². The van der Waals surface area contributed by atoms with E-state index < -0.39 is 4.92 Å². The smallest absolute Gasteiger partial charge is 0.269 e. The molecular weight excluding hydrogens is 402 g/mol. The summed E-state index contributed by atoms with van der Waals surface area (Å²) in [4.78, 5) is 25.8. The van der Waals surface area contributed by atoms with Gasteiger partial charge in [0.05, 0.1) is 4.92 Å². The summed E-state index contributed by atoms with van der Waals surface area (Å²) in [5.74, 6) is 0.0108. The SMILES string of the molecule is CCC(C(=O)NC1CCCCC1)N(Cc1ccc(Cl)cc1)c1ccc([N+](=O)[O-])cc1. The minimum Gasteiger partial charge on any atom is -0.355 e. The quantitative estimate of drug-likeness (QED) is 0.445. The molecule has 1 aliphatic rings. The lowest BCUT2D eigenvalue weighted by atomic mass is 9.95. The summed E-state index contributed by atoms with van der Waals surface area (Å²) >= 11 is 6.02. The highest BCUT2D eigenvalue weighted by molar-refractivity contribution is 6.30. The molecule has 1 amide bonds. The molecule has 1 fully saturated rings. The number of rotatable bonds is 8. The van der Waals surface area contributed by atoms with Crippen LogP contribution < -0.4 is 10.2 Å². The summed E-state index contributed by atoms with van der Waals surface area (Å²) in [6, 6.07) is 13.8. The average Bonchev–Trinajstić information content (AvgIpc) is 2.76. The minimum atomic E-state index is -0.416. The van der Waals surface area contributed by atoms with Crippen LogP contribution in [0.15, 0.2) is 48.5 Å². The standard InChI is InChI=1S/C23H28ClN3O3/c1-2-22(23(28)25-19-6-4-3-5-7-19)26(16-17-8-10-18(24)11-9-17)20-12-14-21(15-13-20)27(29)30/h8-15,19,22H,2-7,16H2,1H3,(H,25,28). The third-order valence-electron chi connectivity index (χ3n) is 5.68. The van der Waals surface area contributed by atoms with Crippen LogP contribution in [-0.4, -0.2) is 22.9 Å². The predicted octanol–water partition coefficient (Wildman–Crippen LogP) is 5.48. The lowest BCUT2D eigenvalue weighted by Crippen LogP contribution is -2.49. The zero-order valence-corrected chi connectivity index (χ0v) is 18.0. The fourth-order valence-corrected chi connectivity index (χ4v) is 4.15. The first-order valence-corrected chi connectivity index (χ1v) is 10.9. The number of carbonyl (C=O) groups is 1. The molecule has 1 N–H and O–H groups in total. The molecule has 6 nitrogen and oxygen atoms in total. The predicted molar refractivity (Wildman–Crippen MR) is 120 cm³/mol. The molecule has 1 saturated carbocycles. The van der Waals surface area contributed by atoms with Crippen LogP contribution >= 0.6 is 11.6 Å². The van der Waals surface area contributed by atoms with Crippen LogP contribution in [0.3, 0.4) is 0 Å². The first kappa shape index (κ1) is 22.1. The number of carbonyl (C=O) groups excluding carboxylic acids is 1. The highest BCUT2D eigenvalue weighted by Crippen LogP contribution is 2.26. The average molecular weight is 430 g/mol. The molecule has 0 heterocycles. The van der Waals surface area contributed by atoms with Crippen molar-refractivity contribution in [3.8, 4) is 0 Å². The van der Waals surface area contributed by atoms with Crippen molar-refractivity contribution in [3.63, 3.8) is 0 Å². The molecule has 160 valence electrons. The molecular formula is C23H28ClN3O3. The second-order valence-electron chi connectivity index (χ2n) is 7.80. The van der Waals surface area contributed by atoms with Gasteiger partial charge in [0, 0.05) is 35.4 Å². The highest BCUT2D eigenvalue weighted by atomic mass is 35.5. The third kappa shape index (κ3) is 5.72. The number of benzene rings is 2. The monoisotopic (exact) mass is 429 g/mol. The maximum Gasteiger partial charge on any atom is 0.269 e. The topological polar surface area (TPSA) is 75.5 Å². The summed E-state index contributed by atoms with van der Waals surface area (Å²) in [5, 5.41) is 14.9. The second-order valence-corrected chi connectivity index (χ2v) is 8.23. The molecule has 0 aromatic heterocycles. The van der Waals surface area contributed by atoms with Crippen LogP contribution in [0.2, 0.25) is 5.02 Å². The summed E-state index contributed by atoms with van der Waals surface area (Å²) in [7, 11) is 0. The van der Waals surface area contributed by atoms with Crippen molar-refractivity contribution in [1.82, 2.24) is 5.32 Å². The van der Waals surface area contributed by atoms with Gasteiger partial charge in [0.2, 0.25) is 5.91 Å². The summed E-state index contributed by atoms with van der Waals surface area (Å²) in [6.07, 6.45) is 6.21. The van der Waals surface area contributed by atoms with Crippen LogP contribution in [0, 0.1) is 10.1 Å². The first-order chi connectivity index (χ1) is 14.5. The fourth-order valence-electron chi connectivity index (χ4n) is 4.03. The Morgan fingerprint density at radius 3 is 2.33 bits per heavy atom. The lowest BCUT2D eigenvalue weighted by Gasteiger charge is -2.34. The van der Waals surface area contributed by atoms with Gasteiger partial charge in [-0.2, -0.15) is 0 Å². The number of amides is 1. The van der Waals surface area contributed by atoms with Crippen molar-refractivity contribution >= 4 is 28.9 Å². The van der Waals surface area contributed by atoms with Crippen molar-refractivity contribution in [2.45, 2.75) is 64.1 Å². The van der Waals surface area contributed by atoms with Gasteiger partial charge in [0.15, 0.2) is 0 Å². The Hall–Kier alpha value is -2.60. The fraction of sp³-hybridized carbons (Fsp3) is 0.435. The molecule has 1 atom stereocenters. The van der Waals surface area contributed by atoms with Gasteiger partial charge in [-0.1, -0.05) is 49.9 Å². The zero-order chi connectivity index (χ0) is 21.5. The molecule has 0 saturated heterocycles. The Balaban J connectivity index is 1.86. The third-order valence-corrected chi connectivity index (χ3v) is 5.93. The van der Waals surface area contributed by atoms with Gasteiger partial charge < -0.3 is 10.2 Å². The van der Waals surface area contributed by atoms with Crippen LogP contribution in [-0.2, 0) is 11.3 Å². The summed E-state index contributed by atoms with van der Waals surface area (Å²) in [5.41, 5.74) is 1.83. The van der Waals surface area contributed by atoms with Crippen LogP contribution in [0.4, 0.5) is 11.4 Å². The summed E-state index contributed by atoms with van der Waals surface area (Å²) in [6.45, 7) is 2.50. The van der Waals surface area contributed by atoms with Crippen molar-refractivity contribution in [3.05, 3.63) is 69.2 Å². The van der Waals surface area contributed by atoms with Gasteiger partial charge in [-0.15, -0.1) is 0 Å². The van der Waals surface area contributed by atoms with E-state index in [0.717, 1.165) is 36.9 Å². The largest absolute Gasteiger partial charge is 0.355 e. The van der Waals surface area contributed by atoms with Gasteiger partial charge in [-0.05, 0) is 49.1 Å². The van der Waals surface area contributed by atoms with E-state index in [2.05, 4.69) is 5.32 Å². The molecule has 0 spiro atoms. The second kappa shape index (κ2) is 10.4. The molecule has 7 heteroatoms. The number of anilines is 1. The Bertz CT molecular complexity index is 849. The van der Waals surface area contributed by atoms with Crippen molar-refractivity contribution < 1.29 is 9.72 Å². The Labute approximate surface area is 182 Å². The number of hydrogen-bond acceptors (Lipinski definition) is 4. The van der Waals surface area contributed by atoms with E-state index in [1.807, 2.05) is 36.1 Å². The van der Waals surface area contributed by atoms with E-state index in [-0.39, 0.29) is 23.7 Å². The first-order valence-electron chi connectivity index (χ1n) is 10.5. The Kier molecular flexibility index (Phi) is 7.69. The Morgan fingerprint density at radius 2 is 1.77 bits per heavy atom. The maximum atomic E-state index is 13.2. The molecule has 0 radical (unpaired) electrons. The number of nitro groups is 1. The minimum absolute atomic E-state index is 0.0108. The van der Waals surface area contributed by atoms with E-state index in [0.29, 0.717) is 18.0 Å². The molecule has 30 heavy (non-hydrogen) atoms. The molecule has 3 rings (SSSR count). The number of non-ortho nitro benzene ring substituents is 1. The lowest BCUT2D eigenvalue weighted by molar-refractivity contribution is -0.384. The maximum absolute atomic E-state index is 13.2. The number of halogens is 1. The number of hydrogen-bond donors (Lipinski definition) is 1. The zero-order valence-electron chi connectivity index (χ0n) is 17.2. The van der Waals surface area contributed by atoms with Gasteiger partial charge in [0.1, 0.15) is 6.04 Å². The molecule has 1 unspecified atom stereocenters. The van der Waals surface area contributed by atoms with Gasteiger partial charge in [0.25, 0.3) is 5.69 Å². The van der Waals surface area contributed by atoms with E-state index >= 15 is 0 Å². The van der Waals surface area contributed by atoms with Gasteiger partial charge in [-0.25, -0.2) is 0 Å². The van der Waals surface area contributed by atoms with Crippen molar-refractivity contribution in [2.75, 3.05) is 4.90 Å². The normalized spacial score (nSPS) is 15.4. The van der Waals surface area contributed by atoms with E-state index in [4.69, 9.17) is 11.6 Å². The molecule has 2 aromatic rings. The number of nitrogens with zero attached hydrogens (tertiary/aromatic N) is 2. The van der Waals surface area contributed by atoms with Gasteiger partial charge in [-0.3, -0.25) is 14.9 Å². The molecule has 0 aliphatic heterocycles. The van der Waals surface area contributed by atoms with E-state index in [9.17, 15) is 14.9 Å². The molecule has 2 aromatic carbocycles. The van der Waals surface area contributed by atoms with Crippen molar-refractivity contribution in [1.29, 1.82) is 0 Å². The van der Waals surface area contributed by atoms with Crippen LogP contribution in [0.25, 0.3) is 0 Å². The van der Waals surface area contributed by atoms with E-state index in [1.54, 1.807) is 12.1 Å². The number of nitrogens with one attached hydrogen (secondary N) is 1. The molecule has 0 bridgehead atoms. The Morgan fingerprint density at radius 1 is 1.13 bits per heavy atom. The van der Waals surface area contributed by atoms with Crippen LogP contribution in [0.5, 0.6) is 0 Å². The number of nitro benzene ring substituents is 1. The van der Waals surface area contributed by atoms with Crippen molar-refractivity contribution in [2.24, 2.45) is 0 Å². The van der Waals surface area contributed by atoms with Crippen LogP contribution in [0.1, 0.15) is 51.0 Å². The summed E-state index contributed by atoms with van der Waals surface area (Å²) < 4.78 is 0. The highest BCUT2D eigenvalue weighted by Gasteiger charge is 2.27. The van der Waals surface area contributed by atoms with E-state index in [1.165, 1.54) is 18.6 Å². The molecule has 1 aliphatic carbocycles.